The lowest BCUT2D eigenvalue weighted by atomic mass is 10.0. The maximum Gasteiger partial charge on any atom is 0.240 e. The highest BCUT2D eigenvalue weighted by Crippen LogP contribution is 2.26. The lowest BCUT2D eigenvalue weighted by Gasteiger charge is -2.23. The van der Waals surface area contributed by atoms with Crippen LogP contribution < -0.4 is 11.1 Å². The molecular weight excluding hydrogens is 302 g/mol. The summed E-state index contributed by atoms with van der Waals surface area (Å²) < 4.78 is 0. The van der Waals surface area contributed by atoms with Gasteiger partial charge in [-0.3, -0.25) is 4.79 Å². The molecule has 2 aromatic rings. The Kier molecular flexibility index (Phi) is 4.81. The summed E-state index contributed by atoms with van der Waals surface area (Å²) in [4.78, 5) is 18.0. The molecule has 0 radical (unpaired) electrons. The van der Waals surface area contributed by atoms with E-state index in [2.05, 4.69) is 21.7 Å². The average molecular weight is 323 g/mol. The van der Waals surface area contributed by atoms with E-state index in [1.165, 1.54) is 10.4 Å². The van der Waals surface area contributed by atoms with Gasteiger partial charge in [-0.1, -0.05) is 0 Å². The summed E-state index contributed by atoms with van der Waals surface area (Å²) in [6.07, 6.45) is 0.734. The van der Waals surface area contributed by atoms with Gasteiger partial charge in [0, 0.05) is 11.3 Å². The Morgan fingerprint density at radius 1 is 1.48 bits per heavy atom. The molecule has 3 N–H and O–H groups in total. The molecule has 4 nitrogen and oxygen atoms in total. The summed E-state index contributed by atoms with van der Waals surface area (Å²) in [5.74, 6) is -0.159. The SMILES string of the molecule is Cc1nc([C@H](Cc2ccsc2)NC(=O)C(C)(C)N)sc1C. The molecule has 21 heavy (non-hydrogen) atoms. The van der Waals surface area contributed by atoms with Gasteiger partial charge in [-0.05, 0) is 50.1 Å². The first kappa shape index (κ1) is 16.1. The summed E-state index contributed by atoms with van der Waals surface area (Å²) in [5.41, 5.74) is 7.21. The third kappa shape index (κ3) is 4.12. The summed E-state index contributed by atoms with van der Waals surface area (Å²) in [7, 11) is 0. The summed E-state index contributed by atoms with van der Waals surface area (Å²) in [6, 6.07) is 1.94. The Morgan fingerprint density at radius 2 is 2.19 bits per heavy atom. The number of thiophene rings is 1. The Morgan fingerprint density at radius 3 is 2.67 bits per heavy atom. The van der Waals surface area contributed by atoms with Gasteiger partial charge in [0.1, 0.15) is 5.01 Å². The molecule has 0 aliphatic rings. The topological polar surface area (TPSA) is 68.0 Å². The number of nitrogens with zero attached hydrogens (tertiary/aromatic N) is 1. The molecule has 0 unspecified atom stereocenters. The molecule has 0 aliphatic heterocycles. The number of thiazole rings is 1. The Hall–Kier alpha value is -1.24. The van der Waals surface area contributed by atoms with Crippen molar-refractivity contribution in [1.29, 1.82) is 0 Å². The monoisotopic (exact) mass is 323 g/mol. The molecule has 0 saturated heterocycles. The quantitative estimate of drug-likeness (QED) is 0.889. The van der Waals surface area contributed by atoms with Gasteiger partial charge in [0.2, 0.25) is 5.91 Å². The van der Waals surface area contributed by atoms with E-state index in [0.717, 1.165) is 17.1 Å². The predicted octanol–water partition coefficient (Wildman–Crippen LogP) is 2.96. The van der Waals surface area contributed by atoms with Crippen LogP contribution >= 0.6 is 22.7 Å². The van der Waals surface area contributed by atoms with Gasteiger partial charge in [0.05, 0.1) is 17.3 Å². The number of aromatic nitrogens is 1. The van der Waals surface area contributed by atoms with Crippen molar-refractivity contribution in [3.63, 3.8) is 0 Å². The molecule has 0 bridgehead atoms. The van der Waals surface area contributed by atoms with Crippen LogP contribution in [0.1, 0.15) is 41.0 Å². The molecule has 0 aliphatic carbocycles. The van der Waals surface area contributed by atoms with E-state index >= 15 is 0 Å². The van der Waals surface area contributed by atoms with Gasteiger partial charge in [0.15, 0.2) is 0 Å². The molecule has 2 heterocycles. The van der Waals surface area contributed by atoms with E-state index < -0.39 is 5.54 Å². The van der Waals surface area contributed by atoms with Crippen LogP contribution in [0.2, 0.25) is 0 Å². The van der Waals surface area contributed by atoms with E-state index in [9.17, 15) is 4.79 Å². The van der Waals surface area contributed by atoms with E-state index in [1.54, 1.807) is 36.5 Å². The van der Waals surface area contributed by atoms with Crippen LogP contribution in [0.15, 0.2) is 16.8 Å². The molecule has 2 aromatic heterocycles. The van der Waals surface area contributed by atoms with Crippen LogP contribution in [-0.4, -0.2) is 16.4 Å². The Bertz CT molecular complexity index is 592. The van der Waals surface area contributed by atoms with Crippen LogP contribution in [0.5, 0.6) is 0 Å². The molecule has 114 valence electrons. The molecular formula is C15H21N3OS2. The maximum absolute atomic E-state index is 12.2. The van der Waals surface area contributed by atoms with Crippen molar-refractivity contribution >= 4 is 28.6 Å². The zero-order valence-electron chi connectivity index (χ0n) is 12.8. The van der Waals surface area contributed by atoms with Crippen LogP contribution in [0.3, 0.4) is 0 Å². The zero-order chi connectivity index (χ0) is 15.6. The first-order valence-electron chi connectivity index (χ1n) is 6.82. The highest BCUT2D eigenvalue weighted by molar-refractivity contribution is 7.11. The highest BCUT2D eigenvalue weighted by atomic mass is 32.1. The van der Waals surface area contributed by atoms with Crippen molar-refractivity contribution in [2.75, 3.05) is 0 Å². The van der Waals surface area contributed by atoms with Gasteiger partial charge in [-0.15, -0.1) is 11.3 Å². The summed E-state index contributed by atoms with van der Waals surface area (Å²) >= 11 is 3.29. The number of hydrogen-bond donors (Lipinski definition) is 2. The standard InChI is InChI=1S/C15H21N3OS2/c1-9-10(2)21-13(17-9)12(7-11-5-6-20-8-11)18-14(19)15(3,4)16/h5-6,8,12H,7,16H2,1-4H3,(H,18,19)/t12-/m0/s1. The summed E-state index contributed by atoms with van der Waals surface area (Å²) in [5, 5.41) is 8.12. The van der Waals surface area contributed by atoms with Crippen molar-refractivity contribution in [3.8, 4) is 0 Å². The number of nitrogens with two attached hydrogens (primary N) is 1. The molecule has 0 fully saturated rings. The minimum absolute atomic E-state index is 0.132. The molecule has 0 spiro atoms. The van der Waals surface area contributed by atoms with Crippen molar-refractivity contribution < 1.29 is 4.79 Å². The molecule has 6 heteroatoms. The first-order chi connectivity index (χ1) is 9.77. The fourth-order valence-electron chi connectivity index (χ4n) is 1.84. The first-order valence-corrected chi connectivity index (χ1v) is 8.58. The highest BCUT2D eigenvalue weighted by Gasteiger charge is 2.27. The largest absolute Gasteiger partial charge is 0.345 e. The van der Waals surface area contributed by atoms with Crippen molar-refractivity contribution in [2.45, 2.75) is 45.7 Å². The summed E-state index contributed by atoms with van der Waals surface area (Å²) in [6.45, 7) is 7.46. The van der Waals surface area contributed by atoms with Gasteiger partial charge < -0.3 is 11.1 Å². The second kappa shape index (κ2) is 6.25. The number of aryl methyl sites for hydroxylation is 2. The third-order valence-electron chi connectivity index (χ3n) is 3.25. The normalized spacial score (nSPS) is 13.2. The van der Waals surface area contributed by atoms with Gasteiger partial charge in [0.25, 0.3) is 0 Å². The number of carbonyl (C=O) groups excluding carboxylic acids is 1. The van der Waals surface area contributed by atoms with E-state index in [0.29, 0.717) is 0 Å². The third-order valence-corrected chi connectivity index (χ3v) is 5.17. The molecule has 1 amide bonds. The zero-order valence-corrected chi connectivity index (χ0v) is 14.4. The van der Waals surface area contributed by atoms with Crippen LogP contribution in [0, 0.1) is 13.8 Å². The fourth-order valence-corrected chi connectivity index (χ4v) is 3.49. The number of amides is 1. The number of nitrogens with one attached hydrogen (secondary N) is 1. The minimum atomic E-state index is -0.895. The van der Waals surface area contributed by atoms with E-state index in [1.807, 2.05) is 19.2 Å². The van der Waals surface area contributed by atoms with Crippen LogP contribution in [-0.2, 0) is 11.2 Å². The number of carbonyl (C=O) groups is 1. The Balaban J connectivity index is 2.23. The molecule has 0 saturated carbocycles. The second-order valence-corrected chi connectivity index (χ2v) is 7.79. The van der Waals surface area contributed by atoms with Gasteiger partial charge >= 0.3 is 0 Å². The van der Waals surface area contributed by atoms with E-state index in [4.69, 9.17) is 5.73 Å². The van der Waals surface area contributed by atoms with Crippen molar-refractivity contribution in [1.82, 2.24) is 10.3 Å². The fraction of sp³-hybridized carbons (Fsp3) is 0.467. The molecule has 1 atom stereocenters. The average Bonchev–Trinajstić information content (AvgIpc) is 2.98. The lowest BCUT2D eigenvalue weighted by molar-refractivity contribution is -0.126. The van der Waals surface area contributed by atoms with Crippen LogP contribution in [0.4, 0.5) is 0 Å². The van der Waals surface area contributed by atoms with Crippen molar-refractivity contribution in [3.05, 3.63) is 38.0 Å². The van der Waals surface area contributed by atoms with Gasteiger partial charge in [-0.2, -0.15) is 11.3 Å². The number of rotatable bonds is 5. The molecule has 2 rings (SSSR count). The Labute approximate surface area is 133 Å². The van der Waals surface area contributed by atoms with Crippen LogP contribution in [0.25, 0.3) is 0 Å². The van der Waals surface area contributed by atoms with Crippen molar-refractivity contribution in [2.24, 2.45) is 5.73 Å². The van der Waals surface area contributed by atoms with E-state index in [-0.39, 0.29) is 11.9 Å². The minimum Gasteiger partial charge on any atom is -0.345 e. The number of hydrogen-bond acceptors (Lipinski definition) is 5. The predicted molar refractivity (Wildman–Crippen MR) is 88.8 cm³/mol. The maximum atomic E-state index is 12.2. The second-order valence-electron chi connectivity index (χ2n) is 5.78. The van der Waals surface area contributed by atoms with Gasteiger partial charge in [-0.25, -0.2) is 4.98 Å². The smallest absolute Gasteiger partial charge is 0.240 e. The molecule has 0 aromatic carbocycles. The lowest BCUT2D eigenvalue weighted by Crippen LogP contribution is -2.50.